The van der Waals surface area contributed by atoms with Crippen molar-refractivity contribution >= 4 is 55.0 Å². The van der Waals surface area contributed by atoms with Crippen LogP contribution in [0, 0.1) is 0 Å². The molecule has 0 aliphatic carbocycles. The predicted molar refractivity (Wildman–Crippen MR) is 136 cm³/mol. The fourth-order valence-corrected chi connectivity index (χ4v) is 4.55. The lowest BCUT2D eigenvalue weighted by atomic mass is 9.89. The van der Waals surface area contributed by atoms with Crippen LogP contribution in [0.2, 0.25) is 0 Å². The molecule has 4 aromatic carbocycles. The number of aromatic hydroxyl groups is 1. The molecule has 0 aliphatic heterocycles. The second-order valence-electron chi connectivity index (χ2n) is 7.97. The number of hydrogen-bond donors (Lipinski definition) is 2. The van der Waals surface area contributed by atoms with Crippen LogP contribution in [0.25, 0.3) is 49.1 Å². The standard InChI is InChI=1S/C29H20O5/c1-3-5-23(29(32)33)20(4-2)26-24-10-6-16-14-18(30)8-12-21(16)27(24)34-28-22-13-9-19(31)15-17(22)7-11-25(26)28/h3-15,30H,1H2,2H3,(H,32,33)/b20-4+,23-5+. The van der Waals surface area contributed by atoms with Gasteiger partial charge >= 0.3 is 5.97 Å². The monoisotopic (exact) mass is 448 g/mol. The molecule has 0 amide bonds. The average Bonchev–Trinajstić information content (AvgIpc) is 2.82. The van der Waals surface area contributed by atoms with Crippen LogP contribution in [0.5, 0.6) is 5.75 Å². The van der Waals surface area contributed by atoms with Crippen LogP contribution in [0.15, 0.2) is 100 Å². The smallest absolute Gasteiger partial charge is 0.336 e. The Balaban J connectivity index is 2.05. The van der Waals surface area contributed by atoms with Gasteiger partial charge in [0.05, 0.1) is 5.57 Å². The van der Waals surface area contributed by atoms with Crippen LogP contribution in [-0.4, -0.2) is 16.2 Å². The lowest BCUT2D eigenvalue weighted by Gasteiger charge is -2.17. The second-order valence-corrected chi connectivity index (χ2v) is 7.97. The van der Waals surface area contributed by atoms with E-state index in [1.165, 1.54) is 18.2 Å². The Hall–Kier alpha value is -4.64. The number of benzene rings is 4. The van der Waals surface area contributed by atoms with Crippen LogP contribution in [0.3, 0.4) is 0 Å². The molecule has 2 N–H and O–H groups in total. The first-order valence-corrected chi connectivity index (χ1v) is 10.7. The fraction of sp³-hybridized carbons (Fsp3) is 0.0345. The van der Waals surface area contributed by atoms with E-state index in [0.717, 1.165) is 32.3 Å². The predicted octanol–water partition coefficient (Wildman–Crippen LogP) is 6.56. The zero-order valence-corrected chi connectivity index (χ0v) is 18.3. The number of fused-ring (bicyclic) bond motifs is 6. The first-order valence-electron chi connectivity index (χ1n) is 10.7. The van der Waals surface area contributed by atoms with E-state index >= 15 is 0 Å². The summed E-state index contributed by atoms with van der Waals surface area (Å²) in [6.45, 7) is 5.47. The topological polar surface area (TPSA) is 87.7 Å². The number of carboxylic acids is 1. The molecule has 34 heavy (non-hydrogen) atoms. The summed E-state index contributed by atoms with van der Waals surface area (Å²) in [6.07, 6.45) is 4.70. The van der Waals surface area contributed by atoms with Gasteiger partial charge in [-0.05, 0) is 77.9 Å². The molecule has 0 saturated carbocycles. The van der Waals surface area contributed by atoms with Crippen molar-refractivity contribution in [1.82, 2.24) is 0 Å². The van der Waals surface area contributed by atoms with E-state index in [1.54, 1.807) is 43.3 Å². The Morgan fingerprint density at radius 2 is 1.47 bits per heavy atom. The third kappa shape index (κ3) is 3.26. The minimum Gasteiger partial charge on any atom is -0.508 e. The molecule has 5 nitrogen and oxygen atoms in total. The van der Waals surface area contributed by atoms with Gasteiger partial charge in [-0.2, -0.15) is 0 Å². The highest BCUT2D eigenvalue weighted by atomic mass is 16.4. The number of aliphatic carboxylic acids is 1. The van der Waals surface area contributed by atoms with Crippen molar-refractivity contribution in [3.05, 3.63) is 107 Å². The molecule has 0 radical (unpaired) electrons. The first kappa shape index (κ1) is 21.2. The summed E-state index contributed by atoms with van der Waals surface area (Å²) in [5, 5.41) is 24.4. The highest BCUT2D eigenvalue weighted by Crippen LogP contribution is 2.41. The molecule has 0 spiro atoms. The van der Waals surface area contributed by atoms with Crippen LogP contribution in [0.1, 0.15) is 12.5 Å². The summed E-state index contributed by atoms with van der Waals surface area (Å²) >= 11 is 0. The van der Waals surface area contributed by atoms with Gasteiger partial charge in [-0.15, -0.1) is 0 Å². The van der Waals surface area contributed by atoms with E-state index in [1.807, 2.05) is 24.3 Å². The van der Waals surface area contributed by atoms with Crippen molar-refractivity contribution in [2.75, 3.05) is 0 Å². The van der Waals surface area contributed by atoms with Crippen LogP contribution >= 0.6 is 0 Å². The van der Waals surface area contributed by atoms with Crippen LogP contribution < -0.4 is 5.43 Å². The van der Waals surface area contributed by atoms with Gasteiger partial charge in [-0.1, -0.05) is 30.9 Å². The van der Waals surface area contributed by atoms with Crippen molar-refractivity contribution < 1.29 is 19.4 Å². The third-order valence-corrected chi connectivity index (χ3v) is 6.00. The largest absolute Gasteiger partial charge is 0.508 e. The quantitative estimate of drug-likeness (QED) is 0.141. The molecule has 5 rings (SSSR count). The van der Waals surface area contributed by atoms with Crippen molar-refractivity contribution in [1.29, 1.82) is 0 Å². The van der Waals surface area contributed by atoms with Crippen LogP contribution in [0.4, 0.5) is 0 Å². The van der Waals surface area contributed by atoms with E-state index < -0.39 is 5.97 Å². The normalized spacial score (nSPS) is 12.6. The third-order valence-electron chi connectivity index (χ3n) is 6.00. The number of phenols is 1. The van der Waals surface area contributed by atoms with Gasteiger partial charge in [0.1, 0.15) is 16.9 Å². The number of carboxylic acid groups (broad SMARTS) is 1. The maximum atomic E-state index is 12.2. The molecular weight excluding hydrogens is 428 g/mol. The van der Waals surface area contributed by atoms with Gasteiger partial charge in [0.25, 0.3) is 0 Å². The molecule has 0 unspecified atom stereocenters. The van der Waals surface area contributed by atoms with Gasteiger partial charge in [-0.25, -0.2) is 4.79 Å². The Bertz CT molecular complexity index is 1780. The van der Waals surface area contributed by atoms with Crippen molar-refractivity contribution in [2.45, 2.75) is 6.92 Å². The zero-order chi connectivity index (χ0) is 24.0. The molecule has 5 aromatic rings. The van der Waals surface area contributed by atoms with Crippen molar-refractivity contribution in [2.24, 2.45) is 0 Å². The highest BCUT2D eigenvalue weighted by Gasteiger charge is 2.22. The fourth-order valence-electron chi connectivity index (χ4n) is 4.55. The van der Waals surface area contributed by atoms with E-state index in [-0.39, 0.29) is 16.8 Å². The van der Waals surface area contributed by atoms with Gasteiger partial charge < -0.3 is 14.6 Å². The highest BCUT2D eigenvalue weighted by molar-refractivity contribution is 6.21. The SMILES string of the molecule is C=C/C=C(C(=O)O)\C(=C/C)c1c2ccc3cc(O)ccc3c2oc2c1ccc1cc(=O)ccc12. The number of phenolic OH excluding ortho intramolecular Hbond substituents is 1. The molecule has 0 bridgehead atoms. The Morgan fingerprint density at radius 1 is 0.882 bits per heavy atom. The summed E-state index contributed by atoms with van der Waals surface area (Å²) < 4.78 is 6.49. The molecule has 166 valence electrons. The van der Waals surface area contributed by atoms with Gasteiger partial charge in [0.15, 0.2) is 5.43 Å². The van der Waals surface area contributed by atoms with E-state index in [4.69, 9.17) is 4.42 Å². The molecule has 1 aromatic heterocycles. The summed E-state index contributed by atoms with van der Waals surface area (Å²) in [6, 6.07) is 17.2. The molecule has 5 heteroatoms. The maximum absolute atomic E-state index is 12.2. The first-order chi connectivity index (χ1) is 16.4. The summed E-state index contributed by atoms with van der Waals surface area (Å²) in [7, 11) is 0. The second kappa shape index (κ2) is 8.05. The average molecular weight is 448 g/mol. The molecule has 0 fully saturated rings. The summed E-state index contributed by atoms with van der Waals surface area (Å²) in [5.41, 5.74) is 2.33. The number of allylic oxidation sites excluding steroid dienone is 3. The van der Waals surface area contributed by atoms with E-state index in [0.29, 0.717) is 22.3 Å². The maximum Gasteiger partial charge on any atom is 0.336 e. The Kier molecular flexibility index (Phi) is 5.02. The zero-order valence-electron chi connectivity index (χ0n) is 18.3. The number of hydrogen-bond acceptors (Lipinski definition) is 4. The number of rotatable bonds is 4. The van der Waals surface area contributed by atoms with Crippen molar-refractivity contribution in [3.8, 4) is 5.75 Å². The lowest BCUT2D eigenvalue weighted by molar-refractivity contribution is -0.132. The summed E-state index contributed by atoms with van der Waals surface area (Å²) in [4.78, 5) is 24.1. The molecule has 0 saturated heterocycles. The number of carbonyl (C=O) groups is 1. The molecular formula is C29H20O5. The van der Waals surface area contributed by atoms with E-state index in [9.17, 15) is 19.8 Å². The van der Waals surface area contributed by atoms with Gasteiger partial charge in [-0.3, -0.25) is 4.79 Å². The van der Waals surface area contributed by atoms with E-state index in [2.05, 4.69) is 6.58 Å². The Morgan fingerprint density at radius 3 is 2.06 bits per heavy atom. The van der Waals surface area contributed by atoms with Crippen molar-refractivity contribution in [3.63, 3.8) is 0 Å². The van der Waals surface area contributed by atoms with Crippen LogP contribution in [-0.2, 0) is 4.79 Å². The van der Waals surface area contributed by atoms with Gasteiger partial charge in [0.2, 0.25) is 0 Å². The lowest BCUT2D eigenvalue weighted by Crippen LogP contribution is -2.04. The minimum atomic E-state index is -1.07. The molecule has 0 atom stereocenters. The molecule has 1 heterocycles. The Labute approximate surface area is 194 Å². The molecule has 0 aliphatic rings. The minimum absolute atomic E-state index is 0.104. The van der Waals surface area contributed by atoms with Gasteiger partial charge in [0, 0.05) is 27.1 Å². The summed E-state index contributed by atoms with van der Waals surface area (Å²) in [5.74, 6) is -0.935.